The molecule has 0 aliphatic carbocycles. The van der Waals surface area contributed by atoms with E-state index in [9.17, 15) is 0 Å². The molecule has 3 heterocycles. The topological polar surface area (TPSA) is 54.7 Å². The normalized spacial score (nSPS) is 31.8. The van der Waals surface area contributed by atoms with E-state index in [1.54, 1.807) is 23.3 Å². The van der Waals surface area contributed by atoms with E-state index >= 15 is 0 Å². The van der Waals surface area contributed by atoms with Gasteiger partial charge in [0.05, 0.1) is 12.5 Å². The van der Waals surface area contributed by atoms with E-state index in [1.165, 1.54) is 0 Å². The van der Waals surface area contributed by atoms with E-state index in [2.05, 4.69) is 10.9 Å². The Labute approximate surface area is 122 Å². The van der Waals surface area contributed by atoms with Crippen molar-refractivity contribution >= 4 is 17.4 Å². The minimum atomic E-state index is -0.567. The van der Waals surface area contributed by atoms with Crippen LogP contribution in [0.15, 0.2) is 18.7 Å². The van der Waals surface area contributed by atoms with Gasteiger partial charge in [-0.25, -0.2) is 4.98 Å². The maximum Gasteiger partial charge on any atom is 0.269 e. The van der Waals surface area contributed by atoms with Crippen LogP contribution in [0.5, 0.6) is 0 Å². The molecule has 1 aromatic heterocycles. The van der Waals surface area contributed by atoms with Crippen LogP contribution in [0.4, 0.5) is 0 Å². The standard InChI is InChI=1S/C13H14N2O4S/c1-2-6-16-12-10(9-3-7-17-11(9)19-12)18-13(20)15-5-4-14-8-15/h1,4-5,8-12H,3,6-7H2/t9-,10+,11+,12?/m0/s1. The fourth-order valence-electron chi connectivity index (χ4n) is 2.40. The Hall–Kier alpha value is -1.46. The van der Waals surface area contributed by atoms with Gasteiger partial charge in [0.15, 0.2) is 18.7 Å². The Balaban J connectivity index is 1.70. The van der Waals surface area contributed by atoms with Crippen LogP contribution in [-0.4, -0.2) is 46.6 Å². The number of fused-ring (bicyclic) bond motifs is 1. The van der Waals surface area contributed by atoms with Gasteiger partial charge in [0.2, 0.25) is 0 Å². The SMILES string of the molecule is C#CCOC1O[C@H]2OCC[C@H]2[C@H]1OC(=S)n1ccnc1. The third-order valence-corrected chi connectivity index (χ3v) is 3.63. The summed E-state index contributed by atoms with van der Waals surface area (Å²) in [4.78, 5) is 3.93. The summed E-state index contributed by atoms with van der Waals surface area (Å²) in [5.74, 6) is 2.51. The molecule has 20 heavy (non-hydrogen) atoms. The largest absolute Gasteiger partial charge is 0.461 e. The maximum absolute atomic E-state index is 5.84. The monoisotopic (exact) mass is 294 g/mol. The summed E-state index contributed by atoms with van der Waals surface area (Å²) in [6.45, 7) is 0.802. The lowest BCUT2D eigenvalue weighted by molar-refractivity contribution is -0.205. The molecule has 0 aromatic carbocycles. The van der Waals surface area contributed by atoms with Crippen molar-refractivity contribution in [2.24, 2.45) is 5.92 Å². The number of nitrogens with zero attached hydrogens (tertiary/aromatic N) is 2. The predicted octanol–water partition coefficient (Wildman–Crippen LogP) is 0.770. The number of hydrogen-bond acceptors (Lipinski definition) is 6. The first-order valence-corrected chi connectivity index (χ1v) is 6.71. The number of ether oxygens (including phenoxy) is 4. The molecule has 0 amide bonds. The molecule has 7 heteroatoms. The minimum Gasteiger partial charge on any atom is -0.461 e. The lowest BCUT2D eigenvalue weighted by Crippen LogP contribution is -2.35. The molecule has 2 aliphatic heterocycles. The third-order valence-electron chi connectivity index (χ3n) is 3.32. The van der Waals surface area contributed by atoms with E-state index in [0.717, 1.165) is 6.42 Å². The lowest BCUT2D eigenvalue weighted by Gasteiger charge is -2.22. The van der Waals surface area contributed by atoms with Crippen molar-refractivity contribution in [1.82, 2.24) is 9.55 Å². The average molecular weight is 294 g/mol. The van der Waals surface area contributed by atoms with Crippen molar-refractivity contribution in [2.75, 3.05) is 13.2 Å². The van der Waals surface area contributed by atoms with Crippen LogP contribution < -0.4 is 0 Å². The third kappa shape index (κ3) is 2.55. The van der Waals surface area contributed by atoms with Crippen LogP contribution in [-0.2, 0) is 18.9 Å². The van der Waals surface area contributed by atoms with Crippen LogP contribution in [0, 0.1) is 18.3 Å². The molecule has 0 saturated carbocycles. The van der Waals surface area contributed by atoms with E-state index in [4.69, 9.17) is 37.6 Å². The molecule has 4 atom stereocenters. The molecule has 1 aromatic rings. The first-order chi connectivity index (χ1) is 9.79. The zero-order valence-corrected chi connectivity index (χ0v) is 11.5. The molecule has 2 aliphatic rings. The van der Waals surface area contributed by atoms with Gasteiger partial charge in [-0.3, -0.25) is 4.57 Å². The van der Waals surface area contributed by atoms with Gasteiger partial charge in [-0.15, -0.1) is 6.42 Å². The van der Waals surface area contributed by atoms with Gasteiger partial charge in [0, 0.05) is 12.4 Å². The zero-order chi connectivity index (χ0) is 13.9. The van der Waals surface area contributed by atoms with E-state index in [1.807, 2.05) is 0 Å². The summed E-state index contributed by atoms with van der Waals surface area (Å²) in [7, 11) is 0. The van der Waals surface area contributed by atoms with Crippen molar-refractivity contribution in [3.63, 3.8) is 0 Å². The van der Waals surface area contributed by atoms with E-state index < -0.39 is 6.29 Å². The summed E-state index contributed by atoms with van der Waals surface area (Å²) in [6, 6.07) is 0. The Kier molecular flexibility index (Phi) is 3.98. The Morgan fingerprint density at radius 3 is 3.25 bits per heavy atom. The van der Waals surface area contributed by atoms with Gasteiger partial charge in [-0.05, 0) is 18.6 Å². The number of thiocarbonyl (C=S) groups is 1. The zero-order valence-electron chi connectivity index (χ0n) is 10.7. The van der Waals surface area contributed by atoms with Gasteiger partial charge in [0.1, 0.15) is 12.9 Å². The number of imidazole rings is 1. The highest BCUT2D eigenvalue weighted by Gasteiger charge is 2.50. The van der Waals surface area contributed by atoms with Gasteiger partial charge in [0.25, 0.3) is 5.17 Å². The lowest BCUT2D eigenvalue weighted by atomic mass is 10.0. The molecule has 1 unspecified atom stereocenters. The van der Waals surface area contributed by atoms with Crippen molar-refractivity contribution in [3.05, 3.63) is 18.7 Å². The maximum atomic E-state index is 5.84. The number of aromatic nitrogens is 2. The van der Waals surface area contributed by atoms with Crippen LogP contribution in [0.1, 0.15) is 6.42 Å². The molecule has 3 rings (SSSR count). The quantitative estimate of drug-likeness (QED) is 0.606. The summed E-state index contributed by atoms with van der Waals surface area (Å²) in [5, 5.41) is 0.304. The molecule has 0 spiro atoms. The molecule has 0 N–H and O–H groups in total. The Morgan fingerprint density at radius 1 is 1.60 bits per heavy atom. The van der Waals surface area contributed by atoms with Gasteiger partial charge >= 0.3 is 0 Å². The Bertz CT molecular complexity index is 513. The minimum absolute atomic E-state index is 0.0965. The highest BCUT2D eigenvalue weighted by Crippen LogP contribution is 2.37. The molecule has 0 bridgehead atoms. The molecule has 106 valence electrons. The smallest absolute Gasteiger partial charge is 0.269 e. The molecule has 0 radical (unpaired) electrons. The number of hydrogen-bond donors (Lipinski definition) is 0. The predicted molar refractivity (Wildman–Crippen MR) is 72.6 cm³/mol. The first kappa shape index (κ1) is 13.5. The molecule has 2 fully saturated rings. The second-order valence-electron chi connectivity index (χ2n) is 4.53. The summed E-state index contributed by atoms with van der Waals surface area (Å²) < 4.78 is 24.1. The fraction of sp³-hybridized carbons (Fsp3) is 0.538. The molecule has 2 saturated heterocycles. The first-order valence-electron chi connectivity index (χ1n) is 6.30. The molecular weight excluding hydrogens is 280 g/mol. The highest BCUT2D eigenvalue weighted by molar-refractivity contribution is 7.80. The van der Waals surface area contributed by atoms with Crippen LogP contribution in [0.3, 0.4) is 0 Å². The Morgan fingerprint density at radius 2 is 2.50 bits per heavy atom. The van der Waals surface area contributed by atoms with Crippen LogP contribution in [0.25, 0.3) is 0 Å². The van der Waals surface area contributed by atoms with Gasteiger partial charge in [-0.2, -0.15) is 0 Å². The number of terminal acetylenes is 1. The van der Waals surface area contributed by atoms with Crippen LogP contribution >= 0.6 is 12.2 Å². The van der Waals surface area contributed by atoms with Crippen molar-refractivity contribution < 1.29 is 18.9 Å². The second-order valence-corrected chi connectivity index (χ2v) is 4.88. The van der Waals surface area contributed by atoms with Crippen LogP contribution in [0.2, 0.25) is 0 Å². The fourth-order valence-corrected chi connectivity index (χ4v) is 2.62. The molecule has 6 nitrogen and oxygen atoms in total. The van der Waals surface area contributed by atoms with Crippen molar-refractivity contribution in [2.45, 2.75) is 25.1 Å². The van der Waals surface area contributed by atoms with Crippen molar-refractivity contribution in [3.8, 4) is 12.3 Å². The van der Waals surface area contributed by atoms with E-state index in [-0.39, 0.29) is 24.9 Å². The summed E-state index contributed by atoms with van der Waals surface area (Å²) in [5.41, 5.74) is 0. The van der Waals surface area contributed by atoms with Gasteiger partial charge in [-0.1, -0.05) is 5.92 Å². The number of rotatable bonds is 3. The summed E-state index contributed by atoms with van der Waals surface area (Å²) in [6.07, 6.45) is 9.78. The average Bonchev–Trinajstić information content (AvgIpc) is 3.14. The molecular formula is C13H14N2O4S. The summed E-state index contributed by atoms with van der Waals surface area (Å²) >= 11 is 5.24. The van der Waals surface area contributed by atoms with Crippen molar-refractivity contribution in [1.29, 1.82) is 0 Å². The van der Waals surface area contributed by atoms with Gasteiger partial charge < -0.3 is 18.9 Å². The highest BCUT2D eigenvalue weighted by atomic mass is 32.1. The second kappa shape index (κ2) is 5.89. The van der Waals surface area contributed by atoms with E-state index in [0.29, 0.717) is 11.8 Å².